The number of carbonyl (C=O) groups is 2. The Hall–Kier alpha value is -1.88. The first-order valence-corrected chi connectivity index (χ1v) is 9.43. The van der Waals surface area contributed by atoms with Crippen molar-refractivity contribution in [1.29, 1.82) is 0 Å². The molecule has 3 rings (SSSR count). The first-order valence-electron chi connectivity index (χ1n) is 9.43. The van der Waals surface area contributed by atoms with Crippen LogP contribution >= 0.6 is 0 Å². The Kier molecular flexibility index (Phi) is 6.45. The van der Waals surface area contributed by atoms with Crippen molar-refractivity contribution in [2.75, 3.05) is 26.3 Å². The van der Waals surface area contributed by atoms with Gasteiger partial charge in [-0.2, -0.15) is 0 Å². The van der Waals surface area contributed by atoms with Crippen LogP contribution in [0.3, 0.4) is 0 Å². The SMILES string of the molecule is O=C(CCc1ccccc1)NCCN(C(=O)C1CC1)C1CCOCC1. The number of carbonyl (C=O) groups excluding carboxylic acids is 2. The third-order valence-corrected chi connectivity index (χ3v) is 5.00. The molecule has 1 N–H and O–H groups in total. The van der Waals surface area contributed by atoms with Crippen LogP contribution in [0.5, 0.6) is 0 Å². The summed E-state index contributed by atoms with van der Waals surface area (Å²) in [5, 5.41) is 2.97. The van der Waals surface area contributed by atoms with E-state index in [4.69, 9.17) is 4.74 Å². The zero-order valence-electron chi connectivity index (χ0n) is 14.8. The fraction of sp³-hybridized carbons (Fsp3) is 0.600. The van der Waals surface area contributed by atoms with E-state index in [2.05, 4.69) is 5.32 Å². The van der Waals surface area contributed by atoms with E-state index in [0.29, 0.717) is 19.5 Å². The summed E-state index contributed by atoms with van der Waals surface area (Å²) in [6.07, 6.45) is 5.07. The van der Waals surface area contributed by atoms with Crippen LogP contribution in [-0.4, -0.2) is 49.1 Å². The molecule has 1 aliphatic heterocycles. The molecule has 2 fully saturated rings. The molecule has 2 amide bonds. The number of amides is 2. The van der Waals surface area contributed by atoms with Gasteiger partial charge in [0.15, 0.2) is 0 Å². The molecule has 0 bridgehead atoms. The summed E-state index contributed by atoms with van der Waals surface area (Å²) in [6, 6.07) is 10.3. The summed E-state index contributed by atoms with van der Waals surface area (Å²) in [5.74, 6) is 0.539. The van der Waals surface area contributed by atoms with Gasteiger partial charge in [0.05, 0.1) is 0 Å². The van der Waals surface area contributed by atoms with Crippen molar-refractivity contribution in [3.63, 3.8) is 0 Å². The van der Waals surface area contributed by atoms with Crippen molar-refractivity contribution < 1.29 is 14.3 Å². The van der Waals surface area contributed by atoms with Gasteiger partial charge in [-0.1, -0.05) is 30.3 Å². The van der Waals surface area contributed by atoms with Gasteiger partial charge in [0.2, 0.25) is 11.8 Å². The smallest absolute Gasteiger partial charge is 0.225 e. The summed E-state index contributed by atoms with van der Waals surface area (Å²) in [6.45, 7) is 2.59. The van der Waals surface area contributed by atoms with Gasteiger partial charge >= 0.3 is 0 Å². The number of rotatable bonds is 8. The molecule has 1 heterocycles. The Balaban J connectivity index is 1.42. The highest BCUT2D eigenvalue weighted by molar-refractivity contribution is 5.81. The minimum absolute atomic E-state index is 0.0506. The molecule has 0 atom stereocenters. The van der Waals surface area contributed by atoms with Crippen LogP contribution in [-0.2, 0) is 20.7 Å². The Morgan fingerprint density at radius 2 is 1.80 bits per heavy atom. The third-order valence-electron chi connectivity index (χ3n) is 5.00. The van der Waals surface area contributed by atoms with Crippen molar-refractivity contribution in [2.24, 2.45) is 5.92 Å². The lowest BCUT2D eigenvalue weighted by molar-refractivity contribution is -0.137. The highest BCUT2D eigenvalue weighted by Crippen LogP contribution is 2.32. The van der Waals surface area contributed by atoms with E-state index < -0.39 is 0 Å². The molecular weight excluding hydrogens is 316 g/mol. The van der Waals surface area contributed by atoms with Crippen LogP contribution in [0.4, 0.5) is 0 Å². The van der Waals surface area contributed by atoms with Gasteiger partial charge < -0.3 is 15.0 Å². The molecular formula is C20H28N2O3. The molecule has 0 unspecified atom stereocenters. The molecule has 136 valence electrons. The second-order valence-electron chi connectivity index (χ2n) is 6.99. The lowest BCUT2D eigenvalue weighted by atomic mass is 10.1. The standard InChI is InChI=1S/C20H28N2O3/c23-19(9-6-16-4-2-1-3-5-16)21-12-13-22(20(24)17-7-8-17)18-10-14-25-15-11-18/h1-5,17-18H,6-15H2,(H,21,23). The Labute approximate surface area is 149 Å². The van der Waals surface area contributed by atoms with Gasteiger partial charge in [-0.15, -0.1) is 0 Å². The molecule has 1 saturated heterocycles. The largest absolute Gasteiger partial charge is 0.381 e. The van der Waals surface area contributed by atoms with E-state index in [0.717, 1.165) is 45.3 Å². The van der Waals surface area contributed by atoms with Gasteiger partial charge in [-0.05, 0) is 37.7 Å². The van der Waals surface area contributed by atoms with Crippen molar-refractivity contribution >= 4 is 11.8 Å². The molecule has 0 spiro atoms. The van der Waals surface area contributed by atoms with Crippen molar-refractivity contribution in [2.45, 2.75) is 44.6 Å². The number of benzene rings is 1. The molecule has 5 heteroatoms. The van der Waals surface area contributed by atoms with Gasteiger partial charge in [-0.3, -0.25) is 9.59 Å². The molecule has 2 aliphatic rings. The summed E-state index contributed by atoms with van der Waals surface area (Å²) in [7, 11) is 0. The van der Waals surface area contributed by atoms with Crippen LogP contribution in [0, 0.1) is 5.92 Å². The molecule has 0 radical (unpaired) electrons. The van der Waals surface area contributed by atoms with Crippen LogP contribution in [0.25, 0.3) is 0 Å². The number of hydrogen-bond donors (Lipinski definition) is 1. The van der Waals surface area contributed by atoms with Crippen molar-refractivity contribution in [1.82, 2.24) is 10.2 Å². The van der Waals surface area contributed by atoms with Gasteiger partial charge in [0.1, 0.15) is 0 Å². The first kappa shape index (κ1) is 17.9. The lowest BCUT2D eigenvalue weighted by Crippen LogP contribution is -2.47. The zero-order valence-corrected chi connectivity index (χ0v) is 14.8. The van der Waals surface area contributed by atoms with Crippen molar-refractivity contribution in [3.8, 4) is 0 Å². The highest BCUT2D eigenvalue weighted by atomic mass is 16.5. The Morgan fingerprint density at radius 1 is 1.08 bits per heavy atom. The number of nitrogens with one attached hydrogen (secondary N) is 1. The minimum atomic E-state index is 0.0506. The maximum absolute atomic E-state index is 12.6. The third kappa shape index (κ3) is 5.56. The summed E-state index contributed by atoms with van der Waals surface area (Å²) >= 11 is 0. The monoisotopic (exact) mass is 344 g/mol. The lowest BCUT2D eigenvalue weighted by Gasteiger charge is -2.34. The van der Waals surface area contributed by atoms with Crippen molar-refractivity contribution in [3.05, 3.63) is 35.9 Å². The van der Waals surface area contributed by atoms with E-state index in [1.54, 1.807) is 0 Å². The molecule has 1 aromatic rings. The average Bonchev–Trinajstić information content (AvgIpc) is 3.50. The van der Waals surface area contributed by atoms with Gasteiger partial charge in [-0.25, -0.2) is 0 Å². The maximum atomic E-state index is 12.6. The highest BCUT2D eigenvalue weighted by Gasteiger charge is 2.36. The van der Waals surface area contributed by atoms with E-state index in [1.807, 2.05) is 35.2 Å². The second kappa shape index (κ2) is 8.99. The maximum Gasteiger partial charge on any atom is 0.225 e. The van der Waals surface area contributed by atoms with E-state index in [-0.39, 0.29) is 23.8 Å². The fourth-order valence-corrected chi connectivity index (χ4v) is 3.34. The Bertz CT molecular complexity index is 566. The zero-order chi connectivity index (χ0) is 17.5. The number of nitrogens with zero attached hydrogens (tertiary/aromatic N) is 1. The Morgan fingerprint density at radius 3 is 2.48 bits per heavy atom. The molecule has 1 saturated carbocycles. The predicted molar refractivity (Wildman–Crippen MR) is 96.1 cm³/mol. The molecule has 1 aliphatic carbocycles. The number of aryl methyl sites for hydroxylation is 1. The van der Waals surface area contributed by atoms with E-state index in [1.165, 1.54) is 5.56 Å². The normalized spacial score (nSPS) is 17.9. The van der Waals surface area contributed by atoms with Crippen LogP contribution in [0.1, 0.15) is 37.7 Å². The molecule has 1 aromatic carbocycles. The molecule has 5 nitrogen and oxygen atoms in total. The number of hydrogen-bond acceptors (Lipinski definition) is 3. The topological polar surface area (TPSA) is 58.6 Å². The van der Waals surface area contributed by atoms with E-state index in [9.17, 15) is 9.59 Å². The van der Waals surface area contributed by atoms with E-state index >= 15 is 0 Å². The fourth-order valence-electron chi connectivity index (χ4n) is 3.34. The predicted octanol–water partition coefficient (Wildman–Crippen LogP) is 2.15. The first-order chi connectivity index (χ1) is 12.2. The molecule has 0 aromatic heterocycles. The summed E-state index contributed by atoms with van der Waals surface area (Å²) < 4.78 is 5.41. The van der Waals surface area contributed by atoms with Gasteiger partial charge in [0, 0.05) is 44.7 Å². The van der Waals surface area contributed by atoms with Crippen LogP contribution in [0.15, 0.2) is 30.3 Å². The van der Waals surface area contributed by atoms with Crippen LogP contribution < -0.4 is 5.32 Å². The van der Waals surface area contributed by atoms with Crippen LogP contribution in [0.2, 0.25) is 0 Å². The quantitative estimate of drug-likeness (QED) is 0.786. The minimum Gasteiger partial charge on any atom is -0.381 e. The average molecular weight is 344 g/mol. The summed E-state index contributed by atoms with van der Waals surface area (Å²) in [5.41, 5.74) is 1.17. The number of ether oxygens (including phenoxy) is 1. The van der Waals surface area contributed by atoms with Gasteiger partial charge in [0.25, 0.3) is 0 Å². The molecule has 25 heavy (non-hydrogen) atoms. The summed E-state index contributed by atoms with van der Waals surface area (Å²) in [4.78, 5) is 26.6. The second-order valence-corrected chi connectivity index (χ2v) is 6.99.